The second-order valence-corrected chi connectivity index (χ2v) is 7.14. The Balaban J connectivity index is -0.000000214. The molecule has 2 N–H and O–H groups in total. The molecule has 8 nitrogen and oxygen atoms in total. The molecule has 0 saturated carbocycles. The summed E-state index contributed by atoms with van der Waals surface area (Å²) in [5, 5.41) is 7.94. The van der Waals surface area contributed by atoms with Crippen molar-refractivity contribution in [3.8, 4) is 0 Å². The fourth-order valence-corrected chi connectivity index (χ4v) is 2.23. The summed E-state index contributed by atoms with van der Waals surface area (Å²) < 4.78 is 109. The Hall–Kier alpha value is -0.490. The second-order valence-electron chi connectivity index (χ2n) is 5.52. The molecule has 0 aliphatic carbocycles. The van der Waals surface area contributed by atoms with Crippen molar-refractivity contribution in [3.63, 3.8) is 0 Å². The van der Waals surface area contributed by atoms with Gasteiger partial charge in [-0.05, 0) is 19.1 Å². The van der Waals surface area contributed by atoms with E-state index in [2.05, 4.69) is 18.4 Å². The molecule has 0 aliphatic heterocycles. The minimum atomic E-state index is -4.67. The Labute approximate surface area is 210 Å². The van der Waals surface area contributed by atoms with E-state index < -0.39 is 35.7 Å². The Bertz CT molecular complexity index is 668. The third-order valence-corrected chi connectivity index (χ3v) is 3.96. The number of aryl methyl sites for hydroxylation is 1. The smallest absolute Gasteiger partial charge is 0.870 e. The molecule has 0 fully saturated rings. The van der Waals surface area contributed by atoms with Crippen molar-refractivity contribution in [2.75, 3.05) is 53.9 Å². The van der Waals surface area contributed by atoms with Crippen LogP contribution in [0.1, 0.15) is 5.56 Å². The molecule has 16 heteroatoms. The molecule has 33 heavy (non-hydrogen) atoms. The standard InChI is InChI=1S/C9H9F3O3S.C5H9F3O2.C3H8O2.Na.H2O/c1-7-2-4-8(5-3-7)16(13,14)15-6-9(10,11)12;1-9-2-3-10-4-5(6,7)8;1-5-3-2-4;;/h2-5H,6H2,1H3;2-4H2,1H3;4H,2-3H2,1H3;;1H2/q;;;+1;/p-1. The van der Waals surface area contributed by atoms with Crippen LogP contribution in [0.2, 0.25) is 0 Å². The predicted octanol–water partition coefficient (Wildman–Crippen LogP) is -0.0734. The topological polar surface area (TPSA) is 121 Å². The van der Waals surface area contributed by atoms with Crippen LogP contribution in [0.15, 0.2) is 29.2 Å². The van der Waals surface area contributed by atoms with Gasteiger partial charge in [0.25, 0.3) is 10.1 Å². The average molecular weight is 528 g/mol. The Morgan fingerprint density at radius 2 is 1.30 bits per heavy atom. The van der Waals surface area contributed by atoms with Crippen LogP contribution in [0.4, 0.5) is 26.3 Å². The fourth-order valence-electron chi connectivity index (χ4n) is 1.34. The minimum absolute atomic E-state index is 0. The molecule has 1 rings (SSSR count). The molecule has 0 radical (unpaired) electrons. The summed E-state index contributed by atoms with van der Waals surface area (Å²) in [4.78, 5) is -0.289. The molecule has 0 bridgehead atoms. The van der Waals surface area contributed by atoms with Gasteiger partial charge >= 0.3 is 41.9 Å². The first-order chi connectivity index (χ1) is 14.2. The van der Waals surface area contributed by atoms with Crippen LogP contribution < -0.4 is 29.6 Å². The number of rotatable bonds is 9. The van der Waals surface area contributed by atoms with E-state index in [-0.39, 0.29) is 59.7 Å². The summed E-state index contributed by atoms with van der Waals surface area (Å²) in [6, 6.07) is 5.34. The molecule has 1 aromatic rings. The summed E-state index contributed by atoms with van der Waals surface area (Å²) in [6.45, 7) is -0.546. The number of aliphatic hydroxyl groups excluding tert-OH is 1. The van der Waals surface area contributed by atoms with Crippen molar-refractivity contribution in [1.29, 1.82) is 0 Å². The number of halogens is 6. The maximum Gasteiger partial charge on any atom is 1.00 e. The first-order valence-electron chi connectivity index (χ1n) is 8.44. The van der Waals surface area contributed by atoms with Gasteiger partial charge in [0, 0.05) is 14.2 Å². The van der Waals surface area contributed by atoms with Gasteiger partial charge in [0.05, 0.1) is 31.3 Å². The average Bonchev–Trinajstić information content (AvgIpc) is 2.65. The number of hydrogen-bond acceptors (Lipinski definition) is 8. The van der Waals surface area contributed by atoms with Gasteiger partial charge in [-0.3, -0.25) is 4.18 Å². The van der Waals surface area contributed by atoms with E-state index in [1.54, 1.807) is 14.0 Å². The fraction of sp³-hybridized carbons (Fsp3) is 0.647. The van der Waals surface area contributed by atoms with Crippen molar-refractivity contribution in [1.82, 2.24) is 0 Å². The Morgan fingerprint density at radius 3 is 1.64 bits per heavy atom. The van der Waals surface area contributed by atoms with Crippen LogP contribution >= 0.6 is 0 Å². The number of ether oxygens (including phenoxy) is 3. The molecule has 192 valence electrons. The monoisotopic (exact) mass is 528 g/mol. The first-order valence-corrected chi connectivity index (χ1v) is 9.85. The zero-order valence-electron chi connectivity index (χ0n) is 18.6. The Morgan fingerprint density at radius 1 is 0.848 bits per heavy atom. The van der Waals surface area contributed by atoms with Crippen LogP contribution in [0.5, 0.6) is 0 Å². The van der Waals surface area contributed by atoms with Crippen LogP contribution in [-0.4, -0.2) is 85.2 Å². The maximum atomic E-state index is 11.8. The summed E-state index contributed by atoms with van der Waals surface area (Å²) in [7, 11) is -1.38. The number of aliphatic hydroxyl groups is 1. The van der Waals surface area contributed by atoms with Crippen molar-refractivity contribution in [3.05, 3.63) is 29.8 Å². The largest absolute Gasteiger partial charge is 1.00 e. The molecule has 0 heterocycles. The molecule has 0 aliphatic rings. The number of hydrogen-bond donors (Lipinski definition) is 1. The molecule has 1 aromatic carbocycles. The van der Waals surface area contributed by atoms with Gasteiger partial charge < -0.3 is 24.8 Å². The van der Waals surface area contributed by atoms with Gasteiger partial charge in [0.1, 0.15) is 6.61 Å². The minimum Gasteiger partial charge on any atom is -0.870 e. The van der Waals surface area contributed by atoms with Gasteiger partial charge in [-0.2, -0.15) is 34.8 Å². The van der Waals surface area contributed by atoms with E-state index in [4.69, 9.17) is 5.11 Å². The van der Waals surface area contributed by atoms with Crippen molar-refractivity contribution in [2.45, 2.75) is 24.2 Å². The van der Waals surface area contributed by atoms with Gasteiger partial charge in [-0.25, -0.2) is 0 Å². The number of benzene rings is 1. The van der Waals surface area contributed by atoms with Crippen molar-refractivity contribution in [2.24, 2.45) is 0 Å². The summed E-state index contributed by atoms with van der Waals surface area (Å²) in [5.74, 6) is 0. The molecule has 0 saturated heterocycles. The van der Waals surface area contributed by atoms with E-state index in [9.17, 15) is 34.8 Å². The zero-order chi connectivity index (χ0) is 24.6. The van der Waals surface area contributed by atoms with Crippen LogP contribution in [0.3, 0.4) is 0 Å². The van der Waals surface area contributed by atoms with E-state index in [1.807, 2.05) is 0 Å². The van der Waals surface area contributed by atoms with E-state index in [0.29, 0.717) is 6.61 Å². The van der Waals surface area contributed by atoms with Gasteiger partial charge in [0.2, 0.25) is 0 Å². The summed E-state index contributed by atoms with van der Waals surface area (Å²) >= 11 is 0. The van der Waals surface area contributed by atoms with Gasteiger partial charge in [-0.1, -0.05) is 17.7 Å². The molecule has 0 atom stereocenters. The first kappa shape index (κ1) is 39.7. The van der Waals surface area contributed by atoms with Crippen LogP contribution in [-0.2, 0) is 28.5 Å². The van der Waals surface area contributed by atoms with E-state index >= 15 is 0 Å². The predicted molar refractivity (Wildman–Crippen MR) is 100 cm³/mol. The summed E-state index contributed by atoms with van der Waals surface area (Å²) in [5.41, 5.74) is 0.801. The molecular formula is C17H27F6NaO8S. The maximum absolute atomic E-state index is 11.8. The third kappa shape index (κ3) is 27.6. The summed E-state index contributed by atoms with van der Waals surface area (Å²) in [6.07, 6.45) is -8.90. The molecule has 0 unspecified atom stereocenters. The Kier molecular flexibility index (Phi) is 25.1. The third-order valence-electron chi connectivity index (χ3n) is 2.68. The van der Waals surface area contributed by atoms with Crippen molar-refractivity contribution < 1.29 is 93.3 Å². The van der Waals surface area contributed by atoms with E-state index in [0.717, 1.165) is 5.56 Å². The second kappa shape index (κ2) is 20.8. The molecule has 0 spiro atoms. The van der Waals surface area contributed by atoms with Crippen LogP contribution in [0, 0.1) is 6.92 Å². The molecule has 0 aromatic heterocycles. The van der Waals surface area contributed by atoms with Gasteiger partial charge in [0.15, 0.2) is 6.61 Å². The molecular weight excluding hydrogens is 501 g/mol. The molecule has 0 amide bonds. The number of alkyl halides is 6. The zero-order valence-corrected chi connectivity index (χ0v) is 21.4. The van der Waals surface area contributed by atoms with E-state index in [1.165, 1.54) is 31.4 Å². The van der Waals surface area contributed by atoms with Crippen LogP contribution in [0.25, 0.3) is 0 Å². The normalized spacial score (nSPS) is 11.1. The number of methoxy groups -OCH3 is 2. The van der Waals surface area contributed by atoms with Crippen molar-refractivity contribution >= 4 is 10.1 Å². The SMILES string of the molecule is COCCO.COCCOCC(F)(F)F.Cc1ccc(S(=O)(=O)OCC(F)(F)F)cc1.[Na+].[OH-]. The van der Waals surface area contributed by atoms with Gasteiger partial charge in [-0.15, -0.1) is 0 Å². The quantitative estimate of drug-likeness (QED) is 0.205.